The molecule has 2 aromatic rings. The lowest BCUT2D eigenvalue weighted by Crippen LogP contribution is -2.41. The first kappa shape index (κ1) is 15.6. The molecule has 114 valence electrons. The first-order valence-electron chi connectivity index (χ1n) is 6.49. The molecule has 0 aliphatic carbocycles. The van der Waals surface area contributed by atoms with Gasteiger partial charge >= 0.3 is 0 Å². The van der Waals surface area contributed by atoms with Crippen molar-refractivity contribution in [2.75, 3.05) is 0 Å². The maximum Gasteiger partial charge on any atom is 0.271 e. The molecule has 0 aliphatic rings. The summed E-state index contributed by atoms with van der Waals surface area (Å²) in [5, 5.41) is 0. The zero-order valence-corrected chi connectivity index (χ0v) is 11.5. The number of hydrogen-bond acceptors (Lipinski definition) is 3. The van der Waals surface area contributed by atoms with Crippen molar-refractivity contribution in [3.63, 3.8) is 0 Å². The second kappa shape index (κ2) is 7.26. The number of carbonyl (C=O) groups is 2. The Morgan fingerprint density at radius 3 is 2.59 bits per heavy atom. The minimum absolute atomic E-state index is 0.0262. The summed E-state index contributed by atoms with van der Waals surface area (Å²) in [7, 11) is 0. The second-order valence-electron chi connectivity index (χ2n) is 4.49. The van der Waals surface area contributed by atoms with E-state index in [9.17, 15) is 18.4 Å². The molecule has 0 unspecified atom stereocenters. The van der Waals surface area contributed by atoms with Gasteiger partial charge in [-0.05, 0) is 36.2 Å². The summed E-state index contributed by atoms with van der Waals surface area (Å²) < 4.78 is 25.8. The van der Waals surface area contributed by atoms with Crippen molar-refractivity contribution in [3.8, 4) is 0 Å². The van der Waals surface area contributed by atoms with E-state index >= 15 is 0 Å². The van der Waals surface area contributed by atoms with E-state index < -0.39 is 23.4 Å². The van der Waals surface area contributed by atoms with Crippen molar-refractivity contribution in [2.24, 2.45) is 0 Å². The smallest absolute Gasteiger partial charge is 0.271 e. The van der Waals surface area contributed by atoms with Gasteiger partial charge in [-0.2, -0.15) is 0 Å². The third-order valence-electron chi connectivity index (χ3n) is 2.86. The molecule has 1 aromatic carbocycles. The largest absolute Gasteiger partial charge is 0.273 e. The number of nitrogens with one attached hydrogen (secondary N) is 2. The number of hydrogen-bond donors (Lipinski definition) is 2. The maximum atomic E-state index is 13.0. The van der Waals surface area contributed by atoms with E-state index in [4.69, 9.17) is 0 Å². The zero-order valence-electron chi connectivity index (χ0n) is 11.5. The van der Waals surface area contributed by atoms with E-state index in [1.54, 1.807) is 12.1 Å². The van der Waals surface area contributed by atoms with E-state index in [-0.39, 0.29) is 12.8 Å². The fraction of sp³-hybridized carbons (Fsp3) is 0.133. The summed E-state index contributed by atoms with van der Waals surface area (Å²) in [6.07, 6.45) is 3.14. The van der Waals surface area contributed by atoms with Crippen LogP contribution in [0.15, 0.2) is 42.7 Å². The highest BCUT2D eigenvalue weighted by Crippen LogP contribution is 2.10. The van der Waals surface area contributed by atoms with Gasteiger partial charge in [-0.15, -0.1) is 0 Å². The van der Waals surface area contributed by atoms with Gasteiger partial charge in [0.2, 0.25) is 5.91 Å². The van der Waals surface area contributed by atoms with Crippen LogP contribution >= 0.6 is 0 Å². The van der Waals surface area contributed by atoms with Gasteiger partial charge in [-0.3, -0.25) is 25.4 Å². The molecule has 2 N–H and O–H groups in total. The Bertz CT molecular complexity index is 678. The number of benzene rings is 1. The van der Waals surface area contributed by atoms with Crippen LogP contribution in [0, 0.1) is 11.6 Å². The normalized spacial score (nSPS) is 10.1. The van der Waals surface area contributed by atoms with E-state index in [0.29, 0.717) is 11.1 Å². The molecule has 0 bridgehead atoms. The quantitative estimate of drug-likeness (QED) is 0.846. The number of hydrazine groups is 1. The molecule has 5 nitrogen and oxygen atoms in total. The standard InChI is InChI=1S/C15H13F2N3O2/c16-12-5-3-10(8-13(12)17)4-6-14(21)19-20-15(22)11-2-1-7-18-9-11/h1-3,5,7-9H,4,6H2,(H,19,21)(H,20,22). The fourth-order valence-corrected chi connectivity index (χ4v) is 1.71. The number of aromatic nitrogens is 1. The molecule has 1 heterocycles. The van der Waals surface area contributed by atoms with Gasteiger partial charge in [0, 0.05) is 18.8 Å². The van der Waals surface area contributed by atoms with Crippen LogP contribution in [0.2, 0.25) is 0 Å². The fourth-order valence-electron chi connectivity index (χ4n) is 1.71. The molecule has 0 radical (unpaired) electrons. The average molecular weight is 305 g/mol. The van der Waals surface area contributed by atoms with Gasteiger partial charge in [0.15, 0.2) is 11.6 Å². The highest BCUT2D eigenvalue weighted by Gasteiger charge is 2.08. The minimum Gasteiger partial charge on any atom is -0.273 e. The Balaban J connectivity index is 1.78. The van der Waals surface area contributed by atoms with Crippen molar-refractivity contribution < 1.29 is 18.4 Å². The molecule has 0 saturated carbocycles. The molecule has 7 heteroatoms. The number of carbonyl (C=O) groups excluding carboxylic acids is 2. The Morgan fingerprint density at radius 2 is 1.91 bits per heavy atom. The number of amides is 2. The molecular formula is C15H13F2N3O2. The molecular weight excluding hydrogens is 292 g/mol. The maximum absolute atomic E-state index is 13.0. The number of rotatable bonds is 4. The summed E-state index contributed by atoms with van der Waals surface area (Å²) in [6.45, 7) is 0. The zero-order chi connectivity index (χ0) is 15.9. The van der Waals surface area contributed by atoms with Gasteiger partial charge in [0.1, 0.15) is 0 Å². The van der Waals surface area contributed by atoms with Crippen LogP contribution in [0.5, 0.6) is 0 Å². The lowest BCUT2D eigenvalue weighted by Gasteiger charge is -2.07. The van der Waals surface area contributed by atoms with Crippen LogP contribution in [0.1, 0.15) is 22.3 Å². The van der Waals surface area contributed by atoms with Crippen LogP contribution in [-0.2, 0) is 11.2 Å². The van der Waals surface area contributed by atoms with Gasteiger partial charge in [-0.1, -0.05) is 6.07 Å². The van der Waals surface area contributed by atoms with E-state index in [1.165, 1.54) is 18.5 Å². The molecule has 0 fully saturated rings. The summed E-state index contributed by atoms with van der Waals surface area (Å²) in [5.74, 6) is -2.82. The SMILES string of the molecule is O=C(CCc1ccc(F)c(F)c1)NNC(=O)c1cccnc1. The molecule has 1 aromatic heterocycles. The third-order valence-corrected chi connectivity index (χ3v) is 2.86. The first-order chi connectivity index (χ1) is 10.6. The minimum atomic E-state index is -0.956. The summed E-state index contributed by atoms with van der Waals surface area (Å²) in [5.41, 5.74) is 5.29. The van der Waals surface area contributed by atoms with Gasteiger partial charge in [0.25, 0.3) is 5.91 Å². The number of aryl methyl sites for hydroxylation is 1. The van der Waals surface area contributed by atoms with Crippen molar-refractivity contribution in [2.45, 2.75) is 12.8 Å². The molecule has 2 amide bonds. The highest BCUT2D eigenvalue weighted by molar-refractivity contribution is 5.95. The Labute approximate surface area is 125 Å². The van der Waals surface area contributed by atoms with Crippen LogP contribution in [-0.4, -0.2) is 16.8 Å². The monoisotopic (exact) mass is 305 g/mol. The van der Waals surface area contributed by atoms with Crippen molar-refractivity contribution in [1.82, 2.24) is 15.8 Å². The summed E-state index contributed by atoms with van der Waals surface area (Å²) >= 11 is 0. The van der Waals surface area contributed by atoms with Crippen molar-refractivity contribution in [1.29, 1.82) is 0 Å². The van der Waals surface area contributed by atoms with Crippen LogP contribution in [0.25, 0.3) is 0 Å². The Kier molecular flexibility index (Phi) is 5.13. The lowest BCUT2D eigenvalue weighted by atomic mass is 10.1. The molecule has 0 spiro atoms. The Morgan fingerprint density at radius 1 is 1.09 bits per heavy atom. The van der Waals surface area contributed by atoms with Crippen LogP contribution in [0.4, 0.5) is 8.78 Å². The number of nitrogens with zero attached hydrogens (tertiary/aromatic N) is 1. The van der Waals surface area contributed by atoms with Crippen LogP contribution in [0.3, 0.4) is 0 Å². The third kappa shape index (κ3) is 4.34. The van der Waals surface area contributed by atoms with E-state index in [2.05, 4.69) is 15.8 Å². The molecule has 0 saturated heterocycles. The first-order valence-corrected chi connectivity index (χ1v) is 6.49. The topological polar surface area (TPSA) is 71.1 Å². The lowest BCUT2D eigenvalue weighted by molar-refractivity contribution is -0.121. The average Bonchev–Trinajstić information content (AvgIpc) is 2.54. The van der Waals surface area contributed by atoms with Crippen molar-refractivity contribution >= 4 is 11.8 Å². The van der Waals surface area contributed by atoms with Gasteiger partial charge in [0.05, 0.1) is 5.56 Å². The van der Waals surface area contributed by atoms with Gasteiger partial charge in [-0.25, -0.2) is 8.78 Å². The van der Waals surface area contributed by atoms with E-state index in [0.717, 1.165) is 12.1 Å². The predicted octanol–water partition coefficient (Wildman–Crippen LogP) is 1.75. The second-order valence-corrected chi connectivity index (χ2v) is 4.49. The molecule has 22 heavy (non-hydrogen) atoms. The summed E-state index contributed by atoms with van der Waals surface area (Å²) in [6, 6.07) is 6.60. The van der Waals surface area contributed by atoms with Crippen molar-refractivity contribution in [3.05, 3.63) is 65.5 Å². The number of pyridine rings is 1. The molecule has 0 atom stereocenters. The molecule has 2 rings (SSSR count). The predicted molar refractivity (Wildman–Crippen MR) is 74.5 cm³/mol. The molecule has 0 aliphatic heterocycles. The van der Waals surface area contributed by atoms with Crippen LogP contribution < -0.4 is 10.9 Å². The summed E-state index contributed by atoms with van der Waals surface area (Å²) in [4.78, 5) is 27.0. The van der Waals surface area contributed by atoms with Gasteiger partial charge < -0.3 is 0 Å². The highest BCUT2D eigenvalue weighted by atomic mass is 19.2. The van der Waals surface area contributed by atoms with E-state index in [1.807, 2.05) is 0 Å². The Hall–Kier alpha value is -2.83. The number of halogens is 2.